The van der Waals surface area contributed by atoms with Crippen LogP contribution in [-0.4, -0.2) is 38.5 Å². The number of esters is 1. The molecule has 6 nitrogen and oxygen atoms in total. The fraction of sp³-hybridized carbons (Fsp3) is 0.667. The monoisotopic (exact) mass is 294 g/mol. The maximum atomic E-state index is 11.5. The molecule has 116 valence electrons. The summed E-state index contributed by atoms with van der Waals surface area (Å²) in [7, 11) is 0. The van der Waals surface area contributed by atoms with Crippen molar-refractivity contribution in [2.24, 2.45) is 0 Å². The highest BCUT2D eigenvalue weighted by atomic mass is 16.6. The molecule has 0 bridgehead atoms. The van der Waals surface area contributed by atoms with E-state index in [1.54, 1.807) is 6.92 Å². The number of rotatable bonds is 12. The van der Waals surface area contributed by atoms with Crippen LogP contribution in [-0.2, 0) is 19.0 Å². The summed E-state index contributed by atoms with van der Waals surface area (Å²) in [5.41, 5.74) is 0.393. The summed E-state index contributed by atoms with van der Waals surface area (Å²) in [6.45, 7) is 6.67. The molecule has 0 radical (unpaired) electrons. The number of hydrogen-bond acceptors (Lipinski definition) is 6. The first-order valence-electron chi connectivity index (χ1n) is 6.92. The van der Waals surface area contributed by atoms with Crippen LogP contribution in [0.1, 0.15) is 32.6 Å². The minimum Gasteiger partial charge on any atom is -0.460 e. The number of unbranched alkanes of at least 4 members (excludes halogenated alkanes) is 1. The van der Waals surface area contributed by atoms with Crippen molar-refractivity contribution in [3.8, 4) is 12.1 Å². The van der Waals surface area contributed by atoms with Gasteiger partial charge in [0.15, 0.2) is 0 Å². The van der Waals surface area contributed by atoms with Crippen molar-refractivity contribution in [2.45, 2.75) is 38.7 Å². The van der Waals surface area contributed by atoms with Gasteiger partial charge in [0, 0.05) is 25.2 Å². The van der Waals surface area contributed by atoms with Crippen LogP contribution in [0.15, 0.2) is 12.2 Å². The zero-order chi connectivity index (χ0) is 15.9. The van der Waals surface area contributed by atoms with Crippen LogP contribution < -0.4 is 0 Å². The molecule has 0 saturated carbocycles. The number of ether oxygens (including phenoxy) is 3. The molecule has 21 heavy (non-hydrogen) atoms. The highest BCUT2D eigenvalue weighted by Gasteiger charge is 2.08. The lowest BCUT2D eigenvalue weighted by Gasteiger charge is -2.08. The molecular weight excluding hydrogens is 272 g/mol. The minimum atomic E-state index is -0.509. The SMILES string of the molecule is C=C(CCCOCCCC#N)C(=O)OCCOC(C)C#N. The second-order valence-corrected chi connectivity index (χ2v) is 4.36. The summed E-state index contributed by atoms with van der Waals surface area (Å²) in [5.74, 6) is -0.451. The Morgan fingerprint density at radius 2 is 1.90 bits per heavy atom. The molecule has 0 aromatic carbocycles. The lowest BCUT2D eigenvalue weighted by Crippen LogP contribution is -2.15. The minimum absolute atomic E-state index is 0.106. The number of hydrogen-bond donors (Lipinski definition) is 0. The molecule has 1 unspecified atom stereocenters. The van der Waals surface area contributed by atoms with Crippen molar-refractivity contribution in [3.63, 3.8) is 0 Å². The molecule has 0 aromatic rings. The van der Waals surface area contributed by atoms with Gasteiger partial charge in [-0.25, -0.2) is 4.79 Å². The zero-order valence-electron chi connectivity index (χ0n) is 12.5. The van der Waals surface area contributed by atoms with Crippen molar-refractivity contribution in [2.75, 3.05) is 26.4 Å². The average Bonchev–Trinajstić information content (AvgIpc) is 2.49. The van der Waals surface area contributed by atoms with E-state index in [1.165, 1.54) is 0 Å². The van der Waals surface area contributed by atoms with Crippen molar-refractivity contribution in [3.05, 3.63) is 12.2 Å². The lowest BCUT2D eigenvalue weighted by atomic mass is 10.2. The lowest BCUT2D eigenvalue weighted by molar-refractivity contribution is -0.141. The highest BCUT2D eigenvalue weighted by molar-refractivity contribution is 5.87. The normalized spacial score (nSPS) is 11.2. The van der Waals surface area contributed by atoms with E-state index in [0.29, 0.717) is 38.0 Å². The summed E-state index contributed by atoms with van der Waals surface area (Å²) in [5, 5.41) is 16.8. The Kier molecular flexibility index (Phi) is 11.9. The molecule has 6 heteroatoms. The van der Waals surface area contributed by atoms with Gasteiger partial charge in [0.1, 0.15) is 12.7 Å². The molecule has 0 N–H and O–H groups in total. The molecule has 1 atom stereocenters. The molecule has 0 aliphatic carbocycles. The van der Waals surface area contributed by atoms with Gasteiger partial charge in [-0.3, -0.25) is 0 Å². The fourth-order valence-electron chi connectivity index (χ4n) is 1.34. The molecule has 0 rings (SSSR count). The van der Waals surface area contributed by atoms with Crippen molar-refractivity contribution < 1.29 is 19.0 Å². The van der Waals surface area contributed by atoms with Gasteiger partial charge in [-0.15, -0.1) is 0 Å². The van der Waals surface area contributed by atoms with E-state index in [9.17, 15) is 4.79 Å². The van der Waals surface area contributed by atoms with Gasteiger partial charge < -0.3 is 14.2 Å². The van der Waals surface area contributed by atoms with Crippen LogP contribution in [0.4, 0.5) is 0 Å². The third kappa shape index (κ3) is 11.6. The van der Waals surface area contributed by atoms with Crippen LogP contribution in [0.2, 0.25) is 0 Å². The first kappa shape index (κ1) is 19.1. The van der Waals surface area contributed by atoms with Crippen LogP contribution in [0.25, 0.3) is 0 Å². The van der Waals surface area contributed by atoms with E-state index in [-0.39, 0.29) is 13.2 Å². The molecule has 0 aliphatic heterocycles. The molecule has 0 spiro atoms. The van der Waals surface area contributed by atoms with Crippen molar-refractivity contribution >= 4 is 5.97 Å². The van der Waals surface area contributed by atoms with Gasteiger partial charge in [-0.05, 0) is 26.2 Å². The predicted octanol–water partition coefficient (Wildman–Crippen LogP) is 2.12. The molecule has 0 fully saturated rings. The van der Waals surface area contributed by atoms with Crippen LogP contribution in [0.3, 0.4) is 0 Å². The summed E-state index contributed by atoms with van der Waals surface area (Å²) < 4.78 is 15.3. The quantitative estimate of drug-likeness (QED) is 0.311. The average molecular weight is 294 g/mol. The number of nitrogens with zero attached hydrogens (tertiary/aromatic N) is 2. The third-order valence-electron chi connectivity index (χ3n) is 2.50. The van der Waals surface area contributed by atoms with Gasteiger partial charge in [0.2, 0.25) is 0 Å². The number of carbonyl (C=O) groups excluding carboxylic acids is 1. The molecule has 0 saturated heterocycles. The van der Waals surface area contributed by atoms with Crippen LogP contribution in [0.5, 0.6) is 0 Å². The second kappa shape index (κ2) is 13.1. The smallest absolute Gasteiger partial charge is 0.333 e. The Hall–Kier alpha value is -1.89. The molecule has 0 aliphatic rings. The van der Waals surface area contributed by atoms with E-state index in [4.69, 9.17) is 24.7 Å². The number of nitriles is 2. The predicted molar refractivity (Wildman–Crippen MR) is 76.0 cm³/mol. The molecule has 0 amide bonds. The Morgan fingerprint density at radius 1 is 1.19 bits per heavy atom. The van der Waals surface area contributed by atoms with E-state index in [2.05, 4.69) is 6.58 Å². The van der Waals surface area contributed by atoms with Crippen LogP contribution >= 0.6 is 0 Å². The maximum Gasteiger partial charge on any atom is 0.333 e. The van der Waals surface area contributed by atoms with Crippen molar-refractivity contribution in [1.29, 1.82) is 10.5 Å². The second-order valence-electron chi connectivity index (χ2n) is 4.36. The van der Waals surface area contributed by atoms with Gasteiger partial charge >= 0.3 is 5.97 Å². The summed E-state index contributed by atoms with van der Waals surface area (Å²) in [4.78, 5) is 11.5. The highest BCUT2D eigenvalue weighted by Crippen LogP contribution is 2.05. The van der Waals surface area contributed by atoms with Gasteiger partial charge in [-0.1, -0.05) is 6.58 Å². The van der Waals surface area contributed by atoms with E-state index in [1.807, 2.05) is 12.1 Å². The van der Waals surface area contributed by atoms with Gasteiger partial charge in [0.05, 0.1) is 18.7 Å². The van der Waals surface area contributed by atoms with E-state index >= 15 is 0 Å². The topological polar surface area (TPSA) is 92.3 Å². The first-order chi connectivity index (χ1) is 10.1. The summed E-state index contributed by atoms with van der Waals surface area (Å²) in [6.07, 6.45) is 1.89. The number of carbonyl (C=O) groups is 1. The van der Waals surface area contributed by atoms with E-state index in [0.717, 1.165) is 6.42 Å². The maximum absolute atomic E-state index is 11.5. The Balaban J connectivity index is 3.52. The largest absolute Gasteiger partial charge is 0.460 e. The standard InChI is InChI=1S/C15H22N2O4/c1-13(6-5-9-19-8-4-3-7-16)15(18)21-11-10-20-14(2)12-17/h14H,1,3-6,8-11H2,2H3. The first-order valence-corrected chi connectivity index (χ1v) is 6.92. The third-order valence-corrected chi connectivity index (χ3v) is 2.50. The Labute approximate surface area is 125 Å². The Bertz CT molecular complexity index is 395. The Morgan fingerprint density at radius 3 is 2.57 bits per heavy atom. The summed E-state index contributed by atoms with van der Waals surface area (Å²) in [6, 6.07) is 3.96. The fourth-order valence-corrected chi connectivity index (χ4v) is 1.34. The van der Waals surface area contributed by atoms with Gasteiger partial charge in [0.25, 0.3) is 0 Å². The zero-order valence-corrected chi connectivity index (χ0v) is 12.5. The van der Waals surface area contributed by atoms with E-state index < -0.39 is 12.1 Å². The van der Waals surface area contributed by atoms with Gasteiger partial charge in [-0.2, -0.15) is 10.5 Å². The van der Waals surface area contributed by atoms with Crippen LogP contribution in [0, 0.1) is 22.7 Å². The molecule has 0 aromatic heterocycles. The molecule has 0 heterocycles. The summed E-state index contributed by atoms with van der Waals surface area (Å²) >= 11 is 0. The molecular formula is C15H22N2O4. The van der Waals surface area contributed by atoms with Crippen molar-refractivity contribution in [1.82, 2.24) is 0 Å².